The van der Waals surface area contributed by atoms with Crippen LogP contribution < -0.4 is 27.1 Å². The number of carboxylic acid groups (broad SMARTS) is 2. The molecular formula is C25H32N9O7S3+. The van der Waals surface area contributed by atoms with Crippen molar-refractivity contribution in [2.24, 2.45) is 5.16 Å². The molecule has 0 aromatic carbocycles. The van der Waals surface area contributed by atoms with E-state index in [-0.39, 0.29) is 33.8 Å². The lowest BCUT2D eigenvalue weighted by atomic mass is 10.0. The van der Waals surface area contributed by atoms with Gasteiger partial charge < -0.3 is 37.6 Å². The molecule has 2 aliphatic heterocycles. The van der Waals surface area contributed by atoms with E-state index in [9.17, 15) is 29.4 Å². The average molecular weight is 667 g/mol. The molecule has 0 bridgehead atoms. The number of nitrogens with zero attached hydrogens (tertiary/aromatic N) is 5. The van der Waals surface area contributed by atoms with Crippen LogP contribution in [0.5, 0.6) is 0 Å². The lowest BCUT2D eigenvalue weighted by Gasteiger charge is -2.49. The van der Waals surface area contributed by atoms with Crippen molar-refractivity contribution in [3.05, 3.63) is 28.4 Å². The van der Waals surface area contributed by atoms with Crippen LogP contribution in [-0.2, 0) is 30.6 Å². The first kappa shape index (κ1) is 32.8. The molecule has 1 fully saturated rings. The van der Waals surface area contributed by atoms with Gasteiger partial charge in [-0.15, -0.1) is 23.1 Å². The number of aliphatic carboxylic acids is 2. The minimum absolute atomic E-state index is 0.0171. The minimum atomic E-state index is -1.77. The number of nitrogens with two attached hydrogens (primary N) is 3. The number of nitrogens with one attached hydrogen (secondary N) is 1. The van der Waals surface area contributed by atoms with Crippen LogP contribution >= 0.6 is 34.9 Å². The summed E-state index contributed by atoms with van der Waals surface area (Å²) in [7, 11) is 0. The third-order valence-electron chi connectivity index (χ3n) is 6.57. The van der Waals surface area contributed by atoms with Gasteiger partial charge in [0.2, 0.25) is 17.2 Å². The summed E-state index contributed by atoms with van der Waals surface area (Å²) in [5.41, 5.74) is 16.0. The number of oxime groups is 1. The van der Waals surface area contributed by atoms with Gasteiger partial charge in [0.05, 0.1) is 12.6 Å². The molecule has 0 saturated carbocycles. The number of hydrogen-bond acceptors (Lipinski definition) is 14. The van der Waals surface area contributed by atoms with Crippen LogP contribution in [0.15, 0.2) is 33.0 Å². The van der Waals surface area contributed by atoms with E-state index in [1.165, 1.54) is 42.8 Å². The zero-order valence-corrected chi connectivity index (χ0v) is 26.4. The summed E-state index contributed by atoms with van der Waals surface area (Å²) in [6.07, 6.45) is 1.79. The maximum absolute atomic E-state index is 13.3. The Morgan fingerprint density at radius 3 is 2.61 bits per heavy atom. The fraction of sp³-hybridized carbons (Fsp3) is 0.440. The van der Waals surface area contributed by atoms with E-state index < -0.39 is 46.5 Å². The van der Waals surface area contributed by atoms with Gasteiger partial charge in [-0.2, -0.15) is 0 Å². The molecule has 0 radical (unpaired) electrons. The Kier molecular flexibility index (Phi) is 9.89. The molecule has 2 amide bonds. The number of rotatable bonds is 13. The number of carbonyl (C=O) groups excluding carboxylic acids is 2. The van der Waals surface area contributed by atoms with Crippen LogP contribution in [0, 0.1) is 0 Å². The molecule has 2 atom stereocenters. The number of thiazole rings is 1. The maximum Gasteiger partial charge on any atom is 0.352 e. The highest BCUT2D eigenvalue weighted by Crippen LogP contribution is 2.41. The van der Waals surface area contributed by atoms with Gasteiger partial charge in [0, 0.05) is 16.9 Å². The Morgan fingerprint density at radius 2 is 2.00 bits per heavy atom. The molecule has 0 spiro atoms. The molecule has 4 heterocycles. The van der Waals surface area contributed by atoms with Crippen LogP contribution in [-0.4, -0.2) is 83.1 Å². The van der Waals surface area contributed by atoms with Crippen molar-refractivity contribution >= 4 is 81.1 Å². The largest absolute Gasteiger partial charge is 0.478 e. The predicted octanol–water partition coefficient (Wildman–Crippen LogP) is 0.487. The summed E-state index contributed by atoms with van der Waals surface area (Å²) in [5.74, 6) is -2.97. The van der Waals surface area contributed by atoms with E-state index in [0.29, 0.717) is 23.1 Å². The normalized spacial score (nSPS) is 18.5. The number of amides is 2. The molecule has 2 aromatic heterocycles. The number of anilines is 3. The standard InChI is InChI=1S/C25H31N9O7S3/c1-4-5-6-33-14(27)7-13(26)30-24(33)44-9-11-8-42-20-16(19(36)34(20)17(11)21(37)38)31-18(35)15(12-10-43-23(28)29-12)32-41-25(2,3)22(39)40/h7,10,16,20H,4-6,8-9H2,1-3H3,(H8,26,27,28,29,31,35,37,38,39,40)/p+1/b32-15-. The van der Waals surface area contributed by atoms with Crippen molar-refractivity contribution < 1.29 is 38.8 Å². The lowest BCUT2D eigenvalue weighted by molar-refractivity contribution is -0.723. The summed E-state index contributed by atoms with van der Waals surface area (Å²) in [5, 5.41) is 27.1. The Hall–Kier alpha value is -4.10. The maximum atomic E-state index is 13.3. The first-order valence-corrected chi connectivity index (χ1v) is 16.2. The second-order valence-electron chi connectivity index (χ2n) is 10.2. The van der Waals surface area contributed by atoms with E-state index in [4.69, 9.17) is 22.0 Å². The van der Waals surface area contributed by atoms with Gasteiger partial charge in [0.15, 0.2) is 10.8 Å². The Morgan fingerprint density at radius 1 is 1.27 bits per heavy atom. The highest BCUT2D eigenvalue weighted by molar-refractivity contribution is 8.01. The van der Waals surface area contributed by atoms with E-state index in [1.54, 1.807) is 6.07 Å². The van der Waals surface area contributed by atoms with Crippen molar-refractivity contribution in [1.29, 1.82) is 0 Å². The monoisotopic (exact) mass is 666 g/mol. The number of hydrogen-bond donors (Lipinski definition) is 6. The summed E-state index contributed by atoms with van der Waals surface area (Å²) < 4.78 is 1.82. The minimum Gasteiger partial charge on any atom is -0.478 e. The highest BCUT2D eigenvalue weighted by Gasteiger charge is 2.54. The summed E-state index contributed by atoms with van der Waals surface area (Å²) in [6, 6.07) is 0.477. The molecule has 2 aromatic rings. The van der Waals surface area contributed by atoms with Gasteiger partial charge in [-0.05, 0) is 37.6 Å². The molecule has 2 aliphatic rings. The molecule has 19 heteroatoms. The number of β-lactam (4-membered cyclic amide) rings is 1. The predicted molar refractivity (Wildman–Crippen MR) is 164 cm³/mol. The Bertz CT molecular complexity index is 1560. The average Bonchev–Trinajstić information content (AvgIpc) is 3.38. The van der Waals surface area contributed by atoms with Crippen LogP contribution in [0.2, 0.25) is 0 Å². The SMILES string of the molecule is CCCC[n+]1c(N)cc(N)nc1SCC1=C(C(=O)O)N2C(=O)C(NC(=O)/C(=N\OC(C)(C)C(=O)O)c3csc(N)n3)C2SC1. The summed E-state index contributed by atoms with van der Waals surface area (Å²) in [4.78, 5) is 65.0. The van der Waals surface area contributed by atoms with Crippen molar-refractivity contribution in [2.75, 3.05) is 28.7 Å². The number of carboxylic acids is 2. The number of fused-ring (bicyclic) bond motifs is 1. The summed E-state index contributed by atoms with van der Waals surface area (Å²) in [6.45, 7) is 5.15. The third kappa shape index (κ3) is 6.83. The second kappa shape index (κ2) is 13.3. The van der Waals surface area contributed by atoms with Gasteiger partial charge in [-0.3, -0.25) is 14.5 Å². The van der Waals surface area contributed by atoms with Gasteiger partial charge in [0.1, 0.15) is 22.8 Å². The molecule has 44 heavy (non-hydrogen) atoms. The van der Waals surface area contributed by atoms with Crippen molar-refractivity contribution in [3.63, 3.8) is 0 Å². The molecular weight excluding hydrogens is 635 g/mol. The first-order valence-electron chi connectivity index (χ1n) is 13.3. The molecule has 16 nitrogen and oxygen atoms in total. The second-order valence-corrected chi connectivity index (χ2v) is 13.2. The third-order valence-corrected chi connectivity index (χ3v) is 9.65. The van der Waals surface area contributed by atoms with Gasteiger partial charge in [-0.1, -0.05) is 23.5 Å². The fourth-order valence-electron chi connectivity index (χ4n) is 4.15. The topological polar surface area (TPSA) is 253 Å². The fourth-order valence-corrected chi connectivity index (χ4v) is 7.24. The Balaban J connectivity index is 1.53. The van der Waals surface area contributed by atoms with Crippen LogP contribution in [0.4, 0.5) is 16.8 Å². The number of nitrogen functional groups attached to an aromatic ring is 3. The smallest absolute Gasteiger partial charge is 0.352 e. The van der Waals surface area contributed by atoms with Crippen molar-refractivity contribution in [2.45, 2.75) is 62.3 Å². The summed E-state index contributed by atoms with van der Waals surface area (Å²) >= 11 is 3.58. The first-order chi connectivity index (χ1) is 20.7. The molecule has 2 unspecified atom stereocenters. The van der Waals surface area contributed by atoms with Crippen molar-refractivity contribution in [1.82, 2.24) is 20.2 Å². The molecule has 1 saturated heterocycles. The Labute approximate surface area is 264 Å². The highest BCUT2D eigenvalue weighted by atomic mass is 32.2. The zero-order chi connectivity index (χ0) is 32.3. The van der Waals surface area contributed by atoms with Gasteiger partial charge >= 0.3 is 17.1 Å². The molecule has 9 N–H and O–H groups in total. The van der Waals surface area contributed by atoms with E-state index in [1.807, 2.05) is 11.5 Å². The quantitative estimate of drug-likeness (QED) is 0.0425. The van der Waals surface area contributed by atoms with Gasteiger partial charge in [0.25, 0.3) is 11.8 Å². The lowest BCUT2D eigenvalue weighted by Crippen LogP contribution is -2.71. The van der Waals surface area contributed by atoms with Gasteiger partial charge in [-0.25, -0.2) is 19.1 Å². The molecule has 4 rings (SSSR count). The van der Waals surface area contributed by atoms with Crippen molar-refractivity contribution in [3.8, 4) is 0 Å². The number of thioether (sulfide) groups is 2. The van der Waals surface area contributed by atoms with E-state index in [0.717, 1.165) is 29.1 Å². The van der Waals surface area contributed by atoms with E-state index >= 15 is 0 Å². The molecule has 0 aliphatic carbocycles. The van der Waals surface area contributed by atoms with Crippen LogP contribution in [0.25, 0.3) is 0 Å². The number of carbonyl (C=O) groups is 4. The number of aromatic nitrogens is 3. The van der Waals surface area contributed by atoms with E-state index in [2.05, 4.69) is 20.4 Å². The zero-order valence-electron chi connectivity index (χ0n) is 24.0. The van der Waals surface area contributed by atoms with Crippen LogP contribution in [0.3, 0.4) is 0 Å². The number of unbranched alkanes of at least 4 members (excludes halogenated alkanes) is 1. The van der Waals surface area contributed by atoms with Crippen LogP contribution in [0.1, 0.15) is 39.3 Å². The molecule has 236 valence electrons.